The molecular weight excluding hydrogens is 691 g/mol. The summed E-state index contributed by atoms with van der Waals surface area (Å²) in [6.45, 7) is 0. The number of anilines is 3. The number of nitrogens with zero attached hydrogens (tertiary/aromatic N) is 3. The van der Waals surface area contributed by atoms with E-state index in [4.69, 9.17) is 0 Å². The summed E-state index contributed by atoms with van der Waals surface area (Å²) in [6.07, 6.45) is 0. The number of hydrogen-bond acceptors (Lipinski definition) is 1. The Hall–Kier alpha value is -7.62. The summed E-state index contributed by atoms with van der Waals surface area (Å²) in [6, 6.07) is 81.0. The predicted octanol–water partition coefficient (Wildman–Crippen LogP) is 14.7. The highest BCUT2D eigenvalue weighted by molar-refractivity contribution is 6.11. The predicted molar refractivity (Wildman–Crippen MR) is 241 cm³/mol. The molecule has 0 spiro atoms. The van der Waals surface area contributed by atoms with Crippen molar-refractivity contribution in [2.75, 3.05) is 4.90 Å². The Labute approximate surface area is 331 Å². The van der Waals surface area contributed by atoms with E-state index in [9.17, 15) is 0 Å². The second-order valence-corrected chi connectivity index (χ2v) is 14.6. The number of fused-ring (bicyclic) bond motifs is 6. The van der Waals surface area contributed by atoms with E-state index in [1.54, 1.807) is 0 Å². The standard InChI is InChI=1S/C54H37N3/c1-4-16-42(17-5-1)55(45-31-27-38(28-32-45)40-29-33-49-47-23-10-12-25-51(47)56(53(49)36-40)43-18-6-2-7-19-43)46-22-14-15-39(35-46)41-30-34-50-48-24-11-13-26-52(48)57(54(50)37-41)44-20-8-3-9-21-44/h1-37H. The molecule has 9 aromatic carbocycles. The summed E-state index contributed by atoms with van der Waals surface area (Å²) in [4.78, 5) is 2.35. The molecular formula is C54H37N3. The maximum absolute atomic E-state index is 2.38. The highest BCUT2D eigenvalue weighted by Crippen LogP contribution is 2.40. The van der Waals surface area contributed by atoms with Gasteiger partial charge in [0.05, 0.1) is 22.1 Å². The third kappa shape index (κ3) is 5.60. The second-order valence-electron chi connectivity index (χ2n) is 14.6. The molecule has 0 N–H and O–H groups in total. The van der Waals surface area contributed by atoms with Crippen molar-refractivity contribution in [3.05, 3.63) is 224 Å². The summed E-state index contributed by atoms with van der Waals surface area (Å²) < 4.78 is 4.76. The van der Waals surface area contributed by atoms with Crippen LogP contribution in [0.1, 0.15) is 0 Å². The lowest BCUT2D eigenvalue weighted by atomic mass is 10.0. The van der Waals surface area contributed by atoms with Gasteiger partial charge in [-0.25, -0.2) is 0 Å². The maximum Gasteiger partial charge on any atom is 0.0547 e. The lowest BCUT2D eigenvalue weighted by molar-refractivity contribution is 1.18. The molecule has 0 amide bonds. The molecule has 0 atom stereocenters. The van der Waals surface area contributed by atoms with Gasteiger partial charge in [0.25, 0.3) is 0 Å². The van der Waals surface area contributed by atoms with Crippen LogP contribution in [0.5, 0.6) is 0 Å². The Kier molecular flexibility index (Phi) is 7.82. The van der Waals surface area contributed by atoms with E-state index < -0.39 is 0 Å². The van der Waals surface area contributed by atoms with Crippen molar-refractivity contribution in [2.45, 2.75) is 0 Å². The zero-order valence-corrected chi connectivity index (χ0v) is 31.2. The lowest BCUT2D eigenvalue weighted by Gasteiger charge is -2.26. The molecule has 3 heteroatoms. The minimum Gasteiger partial charge on any atom is -0.310 e. The van der Waals surface area contributed by atoms with Crippen molar-refractivity contribution >= 4 is 60.7 Å². The monoisotopic (exact) mass is 727 g/mol. The van der Waals surface area contributed by atoms with Gasteiger partial charge >= 0.3 is 0 Å². The van der Waals surface area contributed by atoms with Crippen molar-refractivity contribution in [2.24, 2.45) is 0 Å². The molecule has 3 nitrogen and oxygen atoms in total. The molecule has 11 rings (SSSR count). The van der Waals surface area contributed by atoms with Gasteiger partial charge in [0.2, 0.25) is 0 Å². The third-order valence-electron chi connectivity index (χ3n) is 11.3. The van der Waals surface area contributed by atoms with Gasteiger partial charge in [-0.2, -0.15) is 0 Å². The van der Waals surface area contributed by atoms with Crippen LogP contribution >= 0.6 is 0 Å². The van der Waals surface area contributed by atoms with Crippen molar-refractivity contribution in [3.63, 3.8) is 0 Å². The Morgan fingerprint density at radius 1 is 0.246 bits per heavy atom. The average molecular weight is 728 g/mol. The van der Waals surface area contributed by atoms with Crippen LogP contribution in [0, 0.1) is 0 Å². The van der Waals surface area contributed by atoms with E-state index in [1.165, 1.54) is 65.9 Å². The van der Waals surface area contributed by atoms with Gasteiger partial charge in [-0.15, -0.1) is 0 Å². The molecule has 0 aliphatic rings. The molecule has 2 heterocycles. The van der Waals surface area contributed by atoms with Gasteiger partial charge in [-0.1, -0.05) is 140 Å². The van der Waals surface area contributed by atoms with E-state index in [1.807, 2.05) is 0 Å². The molecule has 0 aliphatic heterocycles. The minimum atomic E-state index is 1.10. The molecule has 0 saturated carbocycles. The quantitative estimate of drug-likeness (QED) is 0.159. The largest absolute Gasteiger partial charge is 0.310 e. The molecule has 0 radical (unpaired) electrons. The molecule has 268 valence electrons. The molecule has 0 fully saturated rings. The maximum atomic E-state index is 2.38. The van der Waals surface area contributed by atoms with Gasteiger partial charge < -0.3 is 14.0 Å². The molecule has 0 bridgehead atoms. The first-order valence-electron chi connectivity index (χ1n) is 19.5. The van der Waals surface area contributed by atoms with Crippen LogP contribution < -0.4 is 4.90 Å². The molecule has 0 aliphatic carbocycles. The van der Waals surface area contributed by atoms with Crippen molar-refractivity contribution in [1.29, 1.82) is 0 Å². The average Bonchev–Trinajstić information content (AvgIpc) is 3.80. The number of para-hydroxylation sites is 5. The Balaban J connectivity index is 0.995. The number of benzene rings is 9. The number of aromatic nitrogens is 2. The highest BCUT2D eigenvalue weighted by Gasteiger charge is 2.17. The summed E-state index contributed by atoms with van der Waals surface area (Å²) in [5.41, 5.74) is 15.2. The fourth-order valence-electron chi connectivity index (χ4n) is 8.66. The summed E-state index contributed by atoms with van der Waals surface area (Å²) in [5.74, 6) is 0. The summed E-state index contributed by atoms with van der Waals surface area (Å²) in [7, 11) is 0. The van der Waals surface area contributed by atoms with Gasteiger partial charge in [0.15, 0.2) is 0 Å². The first kappa shape index (κ1) is 32.8. The van der Waals surface area contributed by atoms with Crippen molar-refractivity contribution in [1.82, 2.24) is 9.13 Å². The molecule has 57 heavy (non-hydrogen) atoms. The van der Waals surface area contributed by atoms with E-state index in [0.29, 0.717) is 0 Å². The molecule has 0 unspecified atom stereocenters. The van der Waals surface area contributed by atoms with E-state index in [0.717, 1.165) is 28.4 Å². The topological polar surface area (TPSA) is 13.1 Å². The summed E-state index contributed by atoms with van der Waals surface area (Å²) >= 11 is 0. The van der Waals surface area contributed by atoms with Gasteiger partial charge in [-0.3, -0.25) is 0 Å². The first-order valence-corrected chi connectivity index (χ1v) is 19.5. The first-order chi connectivity index (χ1) is 28.3. The van der Waals surface area contributed by atoms with Crippen LogP contribution in [-0.4, -0.2) is 9.13 Å². The zero-order valence-electron chi connectivity index (χ0n) is 31.2. The van der Waals surface area contributed by atoms with Crippen LogP contribution in [0.2, 0.25) is 0 Å². The van der Waals surface area contributed by atoms with Crippen LogP contribution in [0.4, 0.5) is 17.1 Å². The molecule has 0 saturated heterocycles. The highest BCUT2D eigenvalue weighted by atomic mass is 15.1. The van der Waals surface area contributed by atoms with Crippen molar-refractivity contribution in [3.8, 4) is 33.6 Å². The Bertz CT molecular complexity index is 3210. The Morgan fingerprint density at radius 3 is 1.21 bits per heavy atom. The third-order valence-corrected chi connectivity index (χ3v) is 11.3. The van der Waals surface area contributed by atoms with E-state index >= 15 is 0 Å². The fraction of sp³-hybridized carbons (Fsp3) is 0. The SMILES string of the molecule is c1ccc(N(c2ccc(-c3ccc4c5ccccc5n(-c5ccccc5)c4c3)cc2)c2cccc(-c3ccc4c5ccccc5n(-c5ccccc5)c4c3)c2)cc1. The Morgan fingerprint density at radius 2 is 0.649 bits per heavy atom. The van der Waals surface area contributed by atoms with Gasteiger partial charge in [-0.05, 0) is 107 Å². The van der Waals surface area contributed by atoms with Crippen LogP contribution in [0.25, 0.3) is 77.2 Å². The van der Waals surface area contributed by atoms with Crippen LogP contribution in [0.3, 0.4) is 0 Å². The van der Waals surface area contributed by atoms with Gasteiger partial charge in [0.1, 0.15) is 0 Å². The van der Waals surface area contributed by atoms with Crippen molar-refractivity contribution < 1.29 is 0 Å². The lowest BCUT2D eigenvalue weighted by Crippen LogP contribution is -2.09. The number of rotatable bonds is 7. The molecule has 11 aromatic rings. The molecule has 2 aromatic heterocycles. The normalized spacial score (nSPS) is 11.5. The van der Waals surface area contributed by atoms with Crippen LogP contribution in [0.15, 0.2) is 224 Å². The fourth-order valence-corrected chi connectivity index (χ4v) is 8.66. The van der Waals surface area contributed by atoms with Gasteiger partial charge in [0, 0.05) is 50.0 Å². The smallest absolute Gasteiger partial charge is 0.0547 e. The van der Waals surface area contributed by atoms with E-state index in [-0.39, 0.29) is 0 Å². The summed E-state index contributed by atoms with van der Waals surface area (Å²) in [5, 5.41) is 5.03. The van der Waals surface area contributed by atoms with Crippen LogP contribution in [-0.2, 0) is 0 Å². The second kappa shape index (κ2) is 13.6. The zero-order chi connectivity index (χ0) is 37.7. The number of hydrogen-bond donors (Lipinski definition) is 0. The minimum absolute atomic E-state index is 1.10. The van der Waals surface area contributed by atoms with E-state index in [2.05, 4.69) is 238 Å².